The van der Waals surface area contributed by atoms with Crippen LogP contribution in [0, 0.1) is 0 Å². The molecule has 0 saturated carbocycles. The van der Waals surface area contributed by atoms with Crippen LogP contribution in [0.1, 0.15) is 65.2 Å². The summed E-state index contributed by atoms with van der Waals surface area (Å²) in [5.41, 5.74) is 0.0293. The lowest BCUT2D eigenvalue weighted by Gasteiger charge is -2.40. The van der Waals surface area contributed by atoms with Gasteiger partial charge in [-0.3, -0.25) is 4.79 Å². The quantitative estimate of drug-likeness (QED) is 0.848. The fraction of sp³-hybridized carbons (Fsp3) is 0.941. The van der Waals surface area contributed by atoms with Gasteiger partial charge in [0.1, 0.15) is 0 Å². The third-order valence-corrected chi connectivity index (χ3v) is 5.28. The molecule has 0 aliphatic carbocycles. The van der Waals surface area contributed by atoms with Crippen molar-refractivity contribution in [3.05, 3.63) is 0 Å². The molecule has 1 unspecified atom stereocenters. The van der Waals surface area contributed by atoms with Crippen molar-refractivity contribution in [3.8, 4) is 0 Å². The number of likely N-dealkylation sites (tertiary alicyclic amines) is 1. The Hall–Kier alpha value is -0.610. The number of nitrogens with one attached hydrogen (secondary N) is 1. The average molecular weight is 296 g/mol. The van der Waals surface area contributed by atoms with E-state index in [2.05, 4.69) is 19.2 Å². The Bertz CT molecular complexity index is 321. The highest BCUT2D eigenvalue weighted by Crippen LogP contribution is 2.31. The standard InChI is InChI=1S/C17H32N2O2/c1-3-17(4-2)13-15(9-12-21-17)18-14-16(20)19-10-7-5-6-8-11-19/h15,18H,3-14H2,1-2H3. The summed E-state index contributed by atoms with van der Waals surface area (Å²) in [5.74, 6) is 0.280. The fourth-order valence-electron chi connectivity index (χ4n) is 3.61. The molecule has 1 N–H and O–H groups in total. The molecule has 0 radical (unpaired) electrons. The summed E-state index contributed by atoms with van der Waals surface area (Å²) in [6, 6.07) is 0.426. The predicted octanol–water partition coefficient (Wildman–Crippen LogP) is 2.72. The first-order valence-corrected chi connectivity index (χ1v) is 8.84. The molecule has 2 fully saturated rings. The van der Waals surface area contributed by atoms with Gasteiger partial charge in [0.2, 0.25) is 5.91 Å². The van der Waals surface area contributed by atoms with Crippen molar-refractivity contribution in [1.29, 1.82) is 0 Å². The van der Waals surface area contributed by atoms with Gasteiger partial charge in [0.15, 0.2) is 0 Å². The second-order valence-corrected chi connectivity index (χ2v) is 6.60. The van der Waals surface area contributed by atoms with Crippen LogP contribution in [0.5, 0.6) is 0 Å². The SMILES string of the molecule is CCC1(CC)CC(NCC(=O)N2CCCCCC2)CCO1. The molecule has 1 amide bonds. The van der Waals surface area contributed by atoms with E-state index in [9.17, 15) is 4.79 Å². The van der Waals surface area contributed by atoms with Crippen LogP contribution in [0.3, 0.4) is 0 Å². The molecule has 4 heteroatoms. The Morgan fingerprint density at radius 1 is 1.19 bits per heavy atom. The van der Waals surface area contributed by atoms with E-state index >= 15 is 0 Å². The number of hydrogen-bond acceptors (Lipinski definition) is 3. The van der Waals surface area contributed by atoms with Crippen LogP contribution in [-0.4, -0.2) is 48.7 Å². The first-order valence-electron chi connectivity index (χ1n) is 8.84. The maximum Gasteiger partial charge on any atom is 0.236 e. The van der Waals surface area contributed by atoms with E-state index < -0.39 is 0 Å². The molecule has 2 aliphatic heterocycles. The van der Waals surface area contributed by atoms with Crippen molar-refractivity contribution in [2.24, 2.45) is 0 Å². The number of rotatable bonds is 5. The van der Waals surface area contributed by atoms with Crippen molar-refractivity contribution in [2.75, 3.05) is 26.2 Å². The van der Waals surface area contributed by atoms with Crippen LogP contribution < -0.4 is 5.32 Å². The molecule has 0 aromatic heterocycles. The maximum absolute atomic E-state index is 12.3. The molecule has 0 bridgehead atoms. The van der Waals surface area contributed by atoms with Crippen molar-refractivity contribution >= 4 is 5.91 Å². The first kappa shape index (κ1) is 16.8. The molecule has 122 valence electrons. The molecule has 0 spiro atoms. The van der Waals surface area contributed by atoms with E-state index in [1.165, 1.54) is 12.8 Å². The zero-order chi connectivity index (χ0) is 15.1. The third kappa shape index (κ3) is 4.68. The number of carbonyl (C=O) groups is 1. The van der Waals surface area contributed by atoms with Gasteiger partial charge in [-0.1, -0.05) is 26.7 Å². The second-order valence-electron chi connectivity index (χ2n) is 6.60. The van der Waals surface area contributed by atoms with Crippen LogP contribution in [-0.2, 0) is 9.53 Å². The summed E-state index contributed by atoms with van der Waals surface area (Å²) in [6.07, 6.45) is 9.04. The molecule has 2 heterocycles. The topological polar surface area (TPSA) is 41.6 Å². The first-order chi connectivity index (χ1) is 10.2. The van der Waals surface area contributed by atoms with E-state index in [1.807, 2.05) is 4.90 Å². The highest BCUT2D eigenvalue weighted by Gasteiger charge is 2.34. The summed E-state index contributed by atoms with van der Waals surface area (Å²) in [7, 11) is 0. The van der Waals surface area contributed by atoms with E-state index in [-0.39, 0.29) is 11.5 Å². The molecule has 21 heavy (non-hydrogen) atoms. The largest absolute Gasteiger partial charge is 0.375 e. The second kappa shape index (κ2) is 8.14. The van der Waals surface area contributed by atoms with Crippen molar-refractivity contribution < 1.29 is 9.53 Å². The Balaban J connectivity index is 1.77. The Morgan fingerprint density at radius 3 is 2.48 bits per heavy atom. The number of nitrogens with zero attached hydrogens (tertiary/aromatic N) is 1. The van der Waals surface area contributed by atoms with Crippen molar-refractivity contribution in [3.63, 3.8) is 0 Å². The van der Waals surface area contributed by atoms with Gasteiger partial charge in [0.05, 0.1) is 12.1 Å². The smallest absolute Gasteiger partial charge is 0.236 e. The highest BCUT2D eigenvalue weighted by atomic mass is 16.5. The van der Waals surface area contributed by atoms with Crippen molar-refractivity contribution in [2.45, 2.75) is 76.9 Å². The van der Waals surface area contributed by atoms with Gasteiger partial charge >= 0.3 is 0 Å². The number of hydrogen-bond donors (Lipinski definition) is 1. The zero-order valence-corrected chi connectivity index (χ0v) is 13.8. The molecule has 4 nitrogen and oxygen atoms in total. The van der Waals surface area contributed by atoms with Gasteiger partial charge in [-0.05, 0) is 38.5 Å². The van der Waals surface area contributed by atoms with E-state index in [0.717, 1.165) is 58.2 Å². The van der Waals surface area contributed by atoms with Gasteiger partial charge in [0, 0.05) is 25.7 Å². The van der Waals surface area contributed by atoms with Crippen LogP contribution in [0.4, 0.5) is 0 Å². The summed E-state index contributed by atoms with van der Waals surface area (Å²) in [4.78, 5) is 14.4. The van der Waals surface area contributed by atoms with Crippen LogP contribution in [0.15, 0.2) is 0 Å². The van der Waals surface area contributed by atoms with E-state index in [1.54, 1.807) is 0 Å². The zero-order valence-electron chi connectivity index (χ0n) is 13.8. The predicted molar refractivity (Wildman–Crippen MR) is 85.3 cm³/mol. The maximum atomic E-state index is 12.3. The lowest BCUT2D eigenvalue weighted by atomic mass is 9.86. The van der Waals surface area contributed by atoms with E-state index in [4.69, 9.17) is 4.74 Å². The number of ether oxygens (including phenoxy) is 1. The minimum atomic E-state index is 0.0293. The van der Waals surface area contributed by atoms with Gasteiger partial charge < -0.3 is 15.0 Å². The molecule has 0 aromatic rings. The van der Waals surface area contributed by atoms with Crippen LogP contribution in [0.2, 0.25) is 0 Å². The summed E-state index contributed by atoms with van der Waals surface area (Å²) < 4.78 is 6.00. The van der Waals surface area contributed by atoms with Crippen LogP contribution in [0.25, 0.3) is 0 Å². The Labute approximate surface area is 129 Å². The molecule has 2 aliphatic rings. The van der Waals surface area contributed by atoms with Crippen LogP contribution >= 0.6 is 0 Å². The van der Waals surface area contributed by atoms with Gasteiger partial charge in [-0.15, -0.1) is 0 Å². The average Bonchev–Trinajstić information content (AvgIpc) is 2.82. The van der Waals surface area contributed by atoms with Gasteiger partial charge in [0.25, 0.3) is 0 Å². The number of amides is 1. The Morgan fingerprint density at radius 2 is 1.86 bits per heavy atom. The molecule has 2 saturated heterocycles. The van der Waals surface area contributed by atoms with E-state index in [0.29, 0.717) is 12.6 Å². The fourth-order valence-corrected chi connectivity index (χ4v) is 3.61. The lowest BCUT2D eigenvalue weighted by Crippen LogP contribution is -2.49. The highest BCUT2D eigenvalue weighted by molar-refractivity contribution is 5.78. The minimum absolute atomic E-state index is 0.0293. The minimum Gasteiger partial charge on any atom is -0.375 e. The molecule has 1 atom stereocenters. The molecule has 0 aromatic carbocycles. The number of carbonyl (C=O) groups excluding carboxylic acids is 1. The molecular weight excluding hydrogens is 264 g/mol. The third-order valence-electron chi connectivity index (χ3n) is 5.28. The van der Waals surface area contributed by atoms with Crippen molar-refractivity contribution in [1.82, 2.24) is 10.2 Å². The molecule has 2 rings (SSSR count). The molecular formula is C17H32N2O2. The lowest BCUT2D eigenvalue weighted by molar-refractivity contribution is -0.131. The Kier molecular flexibility index (Phi) is 6.49. The summed E-state index contributed by atoms with van der Waals surface area (Å²) in [6.45, 7) is 7.61. The van der Waals surface area contributed by atoms with Gasteiger partial charge in [-0.25, -0.2) is 0 Å². The monoisotopic (exact) mass is 296 g/mol. The normalized spacial score (nSPS) is 26.4. The summed E-state index contributed by atoms with van der Waals surface area (Å²) in [5, 5.41) is 3.49. The summed E-state index contributed by atoms with van der Waals surface area (Å²) >= 11 is 0. The van der Waals surface area contributed by atoms with Gasteiger partial charge in [-0.2, -0.15) is 0 Å².